The zero-order chi connectivity index (χ0) is 12.0. The molecule has 0 atom stereocenters. The van der Waals surface area contributed by atoms with Gasteiger partial charge in [-0.2, -0.15) is 0 Å². The van der Waals surface area contributed by atoms with Gasteiger partial charge in [0.25, 0.3) is 0 Å². The smallest absolute Gasteiger partial charge is 0.153 e. The fraction of sp³-hybridized carbons (Fsp3) is 0.364. The molecule has 16 heavy (non-hydrogen) atoms. The molecule has 0 heterocycles. The van der Waals surface area contributed by atoms with Crippen LogP contribution in [-0.2, 0) is 6.54 Å². The molecule has 1 aromatic rings. The molecule has 1 aromatic carbocycles. The highest BCUT2D eigenvalue weighted by Gasteiger charge is 2.05. The second kappa shape index (κ2) is 6.35. The number of likely N-dealkylation sites (N-methyl/N-ethyl adjacent to an activating group) is 1. The van der Waals surface area contributed by atoms with E-state index in [9.17, 15) is 0 Å². The molecule has 0 aliphatic heterocycles. The third-order valence-corrected chi connectivity index (χ3v) is 2.53. The number of hydrogen-bond acceptors (Lipinski definition) is 3. The first kappa shape index (κ1) is 12.8. The summed E-state index contributed by atoms with van der Waals surface area (Å²) in [5.74, 6) is 0.218. The Bertz CT molecular complexity index is 351. The summed E-state index contributed by atoms with van der Waals surface area (Å²) in [5, 5.41) is 12.2. The third kappa shape index (κ3) is 4.08. The van der Waals surface area contributed by atoms with Crippen molar-refractivity contribution in [3.63, 3.8) is 0 Å². The Labute approximate surface area is 100 Å². The monoisotopic (exact) mass is 241 g/mol. The van der Waals surface area contributed by atoms with Crippen molar-refractivity contribution in [2.75, 3.05) is 13.1 Å². The molecule has 3 N–H and O–H groups in total. The topological polar surface area (TPSA) is 61.8 Å². The van der Waals surface area contributed by atoms with Crippen molar-refractivity contribution >= 4 is 17.4 Å². The van der Waals surface area contributed by atoms with E-state index in [0.717, 1.165) is 23.7 Å². The maximum absolute atomic E-state index is 8.50. The van der Waals surface area contributed by atoms with Gasteiger partial charge >= 0.3 is 0 Å². The molecule has 4 nitrogen and oxygen atoms in total. The van der Waals surface area contributed by atoms with E-state index in [1.54, 1.807) is 0 Å². The number of hydrogen-bond donors (Lipinski definition) is 2. The van der Waals surface area contributed by atoms with Gasteiger partial charge in [-0.05, 0) is 24.2 Å². The van der Waals surface area contributed by atoms with Crippen LogP contribution in [0.2, 0.25) is 5.02 Å². The first-order valence-corrected chi connectivity index (χ1v) is 5.46. The van der Waals surface area contributed by atoms with Crippen molar-refractivity contribution in [3.8, 4) is 0 Å². The molecule has 0 bridgehead atoms. The lowest BCUT2D eigenvalue weighted by Crippen LogP contribution is -2.33. The van der Waals surface area contributed by atoms with Crippen molar-refractivity contribution in [1.82, 2.24) is 4.90 Å². The first-order valence-electron chi connectivity index (χ1n) is 5.09. The Hall–Kier alpha value is -1.26. The van der Waals surface area contributed by atoms with E-state index in [-0.39, 0.29) is 5.84 Å². The maximum atomic E-state index is 8.50. The summed E-state index contributed by atoms with van der Waals surface area (Å²) in [6, 6.07) is 7.65. The van der Waals surface area contributed by atoms with E-state index in [4.69, 9.17) is 22.5 Å². The van der Waals surface area contributed by atoms with Crippen molar-refractivity contribution in [1.29, 1.82) is 0 Å². The van der Waals surface area contributed by atoms with Gasteiger partial charge in [-0.3, -0.25) is 4.90 Å². The number of nitrogens with zero attached hydrogens (tertiary/aromatic N) is 2. The second-order valence-corrected chi connectivity index (χ2v) is 3.96. The predicted molar refractivity (Wildman–Crippen MR) is 65.8 cm³/mol. The minimum atomic E-state index is 0.218. The van der Waals surface area contributed by atoms with Gasteiger partial charge in [0.2, 0.25) is 0 Å². The van der Waals surface area contributed by atoms with Gasteiger partial charge in [-0.15, -0.1) is 0 Å². The number of nitrogens with two attached hydrogens (primary N) is 1. The van der Waals surface area contributed by atoms with Crippen LogP contribution in [0.1, 0.15) is 12.5 Å². The summed E-state index contributed by atoms with van der Waals surface area (Å²) in [6.45, 7) is 4.07. The average Bonchev–Trinajstić information content (AvgIpc) is 2.30. The van der Waals surface area contributed by atoms with Gasteiger partial charge in [0.1, 0.15) is 0 Å². The van der Waals surface area contributed by atoms with Crippen molar-refractivity contribution in [3.05, 3.63) is 34.9 Å². The van der Waals surface area contributed by atoms with Crippen LogP contribution < -0.4 is 5.73 Å². The minimum absolute atomic E-state index is 0.218. The summed E-state index contributed by atoms with van der Waals surface area (Å²) in [6.07, 6.45) is 0. The van der Waals surface area contributed by atoms with E-state index in [0.29, 0.717) is 6.54 Å². The van der Waals surface area contributed by atoms with E-state index < -0.39 is 0 Å². The minimum Gasteiger partial charge on any atom is -0.409 e. The molecule has 0 aliphatic rings. The van der Waals surface area contributed by atoms with Crippen molar-refractivity contribution < 1.29 is 5.21 Å². The standard InChI is InChI=1S/C11H16ClN3O/c1-2-15(8-11(13)14-16)7-9-3-5-10(12)6-4-9/h3-6,16H,2,7-8H2,1H3,(H2,13,14). The number of rotatable bonds is 5. The van der Waals surface area contributed by atoms with Crippen LogP contribution in [-0.4, -0.2) is 29.0 Å². The lowest BCUT2D eigenvalue weighted by molar-refractivity contribution is 0.294. The fourth-order valence-electron chi connectivity index (χ4n) is 1.39. The molecule has 0 aromatic heterocycles. The van der Waals surface area contributed by atoms with Crippen LogP contribution >= 0.6 is 11.6 Å². The SMILES string of the molecule is CCN(CC(N)=NO)Cc1ccc(Cl)cc1. The molecule has 0 spiro atoms. The van der Waals surface area contributed by atoms with Gasteiger partial charge in [0.05, 0.1) is 6.54 Å². The summed E-state index contributed by atoms with van der Waals surface area (Å²) in [5.41, 5.74) is 6.61. The number of halogens is 1. The second-order valence-electron chi connectivity index (χ2n) is 3.52. The Morgan fingerprint density at radius 2 is 2.06 bits per heavy atom. The lowest BCUT2D eigenvalue weighted by Gasteiger charge is -2.19. The summed E-state index contributed by atoms with van der Waals surface area (Å²) >= 11 is 5.80. The Balaban J connectivity index is 2.59. The van der Waals surface area contributed by atoms with Crippen molar-refractivity contribution in [2.45, 2.75) is 13.5 Å². The summed E-state index contributed by atoms with van der Waals surface area (Å²) < 4.78 is 0. The largest absolute Gasteiger partial charge is 0.409 e. The molecule has 1 rings (SSSR count). The molecule has 0 saturated carbocycles. The molecule has 0 saturated heterocycles. The third-order valence-electron chi connectivity index (χ3n) is 2.28. The van der Waals surface area contributed by atoms with Crippen LogP contribution in [0.5, 0.6) is 0 Å². The molecule has 88 valence electrons. The van der Waals surface area contributed by atoms with Gasteiger partial charge in [-0.1, -0.05) is 35.8 Å². The Morgan fingerprint density at radius 3 is 2.56 bits per heavy atom. The number of benzene rings is 1. The fourth-order valence-corrected chi connectivity index (χ4v) is 1.51. The first-order chi connectivity index (χ1) is 7.65. The number of oxime groups is 1. The predicted octanol–water partition coefficient (Wildman–Crippen LogP) is 1.91. The van der Waals surface area contributed by atoms with E-state index >= 15 is 0 Å². The molecule has 0 amide bonds. The van der Waals surface area contributed by atoms with Crippen LogP contribution in [0.15, 0.2) is 29.4 Å². The highest BCUT2D eigenvalue weighted by atomic mass is 35.5. The van der Waals surface area contributed by atoms with Gasteiger partial charge < -0.3 is 10.9 Å². The summed E-state index contributed by atoms with van der Waals surface area (Å²) in [4.78, 5) is 2.07. The number of amidine groups is 1. The van der Waals surface area contributed by atoms with Gasteiger partial charge in [-0.25, -0.2) is 0 Å². The molecular weight excluding hydrogens is 226 g/mol. The zero-order valence-electron chi connectivity index (χ0n) is 9.23. The lowest BCUT2D eigenvalue weighted by atomic mass is 10.2. The Morgan fingerprint density at radius 1 is 1.44 bits per heavy atom. The highest BCUT2D eigenvalue weighted by molar-refractivity contribution is 6.30. The van der Waals surface area contributed by atoms with Gasteiger partial charge in [0, 0.05) is 11.6 Å². The van der Waals surface area contributed by atoms with Crippen molar-refractivity contribution in [2.24, 2.45) is 10.9 Å². The molecule has 0 radical (unpaired) electrons. The molecule has 0 aliphatic carbocycles. The molecule has 0 fully saturated rings. The van der Waals surface area contributed by atoms with Gasteiger partial charge in [0.15, 0.2) is 5.84 Å². The highest BCUT2D eigenvalue weighted by Crippen LogP contribution is 2.11. The Kier molecular flexibility index (Phi) is 5.08. The van der Waals surface area contributed by atoms with Crippen LogP contribution in [0, 0.1) is 0 Å². The van der Waals surface area contributed by atoms with E-state index in [2.05, 4.69) is 10.1 Å². The molecule has 0 unspecified atom stereocenters. The average molecular weight is 242 g/mol. The van der Waals surface area contributed by atoms with Crippen LogP contribution in [0.4, 0.5) is 0 Å². The normalized spacial score (nSPS) is 12.1. The molecular formula is C11H16ClN3O. The van der Waals surface area contributed by atoms with E-state index in [1.165, 1.54) is 0 Å². The zero-order valence-corrected chi connectivity index (χ0v) is 9.98. The molecule has 5 heteroatoms. The maximum Gasteiger partial charge on any atom is 0.153 e. The van der Waals surface area contributed by atoms with Crippen LogP contribution in [0.25, 0.3) is 0 Å². The quantitative estimate of drug-likeness (QED) is 0.358. The van der Waals surface area contributed by atoms with E-state index in [1.807, 2.05) is 31.2 Å². The van der Waals surface area contributed by atoms with Crippen LogP contribution in [0.3, 0.4) is 0 Å². The summed E-state index contributed by atoms with van der Waals surface area (Å²) in [7, 11) is 0.